The largest absolute Gasteiger partial charge is 0.494 e. The van der Waals surface area contributed by atoms with Crippen molar-refractivity contribution in [1.82, 2.24) is 29.6 Å². The highest BCUT2D eigenvalue weighted by molar-refractivity contribution is 6.45. The van der Waals surface area contributed by atoms with Gasteiger partial charge in [-0.25, -0.2) is 14.6 Å². The molecule has 0 bridgehead atoms. The number of ketones is 1. The molecular formula is C33H32N6O3. The number of nitrogens with zero attached hydrogens (tertiary/aromatic N) is 5. The van der Waals surface area contributed by atoms with Gasteiger partial charge in [0.25, 0.3) is 11.7 Å². The SMILES string of the molecule is C=C1/C=C\C=C/CCCc2ccccc2C1=C1CCN(C(=O)C(=O)c2c[nH]c3c(-n4cncn4)ncc(OC)c23)CC1. The van der Waals surface area contributed by atoms with Crippen LogP contribution in [-0.2, 0) is 11.2 Å². The molecule has 0 radical (unpaired) electrons. The molecule has 1 aliphatic heterocycles. The molecule has 4 heterocycles. The number of benzene rings is 1. The van der Waals surface area contributed by atoms with Crippen LogP contribution < -0.4 is 4.74 Å². The molecule has 0 atom stereocenters. The molecule has 42 heavy (non-hydrogen) atoms. The highest BCUT2D eigenvalue weighted by atomic mass is 16.5. The van der Waals surface area contributed by atoms with Gasteiger partial charge >= 0.3 is 0 Å². The quantitative estimate of drug-likeness (QED) is 0.264. The van der Waals surface area contributed by atoms with E-state index < -0.39 is 11.7 Å². The molecule has 1 aliphatic carbocycles. The van der Waals surface area contributed by atoms with Crippen LogP contribution in [0.25, 0.3) is 22.3 Å². The number of ether oxygens (including phenoxy) is 1. The van der Waals surface area contributed by atoms with Crippen molar-refractivity contribution >= 4 is 28.2 Å². The number of hydrogen-bond donors (Lipinski definition) is 1. The van der Waals surface area contributed by atoms with Gasteiger partial charge in [-0.1, -0.05) is 60.7 Å². The number of likely N-dealkylation sites (tertiary alicyclic amines) is 1. The van der Waals surface area contributed by atoms with Crippen LogP contribution in [0.15, 0.2) is 91.3 Å². The van der Waals surface area contributed by atoms with Crippen LogP contribution in [0, 0.1) is 0 Å². The number of pyridine rings is 1. The summed E-state index contributed by atoms with van der Waals surface area (Å²) in [7, 11) is 1.51. The molecule has 0 spiro atoms. The molecule has 0 unspecified atom stereocenters. The Balaban J connectivity index is 1.28. The Morgan fingerprint density at radius 3 is 2.71 bits per heavy atom. The number of amides is 1. The summed E-state index contributed by atoms with van der Waals surface area (Å²) in [5.41, 5.74) is 6.67. The monoisotopic (exact) mass is 560 g/mol. The first kappa shape index (κ1) is 27.1. The average molecular weight is 561 g/mol. The van der Waals surface area contributed by atoms with E-state index in [1.54, 1.807) is 4.90 Å². The number of carbonyl (C=O) groups excluding carboxylic acids is 2. The van der Waals surface area contributed by atoms with Crippen molar-refractivity contribution in [1.29, 1.82) is 0 Å². The van der Waals surface area contributed by atoms with Gasteiger partial charge in [-0.3, -0.25) is 9.59 Å². The zero-order valence-corrected chi connectivity index (χ0v) is 23.5. The Bertz CT molecular complexity index is 1750. The first-order valence-corrected chi connectivity index (χ1v) is 14.1. The van der Waals surface area contributed by atoms with E-state index in [0.717, 1.165) is 30.4 Å². The lowest BCUT2D eigenvalue weighted by atomic mass is 9.85. The predicted molar refractivity (Wildman–Crippen MR) is 161 cm³/mol. The minimum atomic E-state index is -0.592. The number of hydrogen-bond acceptors (Lipinski definition) is 6. The molecule has 4 aromatic rings. The average Bonchev–Trinajstić information content (AvgIpc) is 3.71. The van der Waals surface area contributed by atoms with Crippen LogP contribution in [-0.4, -0.2) is 61.5 Å². The van der Waals surface area contributed by atoms with Crippen molar-refractivity contribution in [3.05, 3.63) is 108 Å². The number of H-pyrrole nitrogens is 1. The van der Waals surface area contributed by atoms with Crippen LogP contribution in [0.1, 0.15) is 47.2 Å². The maximum Gasteiger partial charge on any atom is 0.295 e. The van der Waals surface area contributed by atoms with E-state index in [-0.39, 0.29) is 5.56 Å². The number of piperidine rings is 1. The molecular weight excluding hydrogens is 528 g/mol. The van der Waals surface area contributed by atoms with Gasteiger partial charge in [-0.05, 0) is 54.4 Å². The summed E-state index contributed by atoms with van der Waals surface area (Å²) in [6.45, 7) is 5.32. The minimum absolute atomic E-state index is 0.240. The Labute approximate surface area is 243 Å². The molecule has 3 aromatic heterocycles. The maximum atomic E-state index is 13.6. The van der Waals surface area contributed by atoms with Crippen molar-refractivity contribution in [3.8, 4) is 11.6 Å². The third kappa shape index (κ3) is 5.09. The fourth-order valence-corrected chi connectivity index (χ4v) is 5.83. The number of nitrogens with one attached hydrogen (secondary N) is 1. The van der Waals surface area contributed by atoms with E-state index in [1.807, 2.05) is 6.08 Å². The molecule has 6 rings (SSSR count). The number of methoxy groups -OCH3 is 1. The van der Waals surface area contributed by atoms with Crippen molar-refractivity contribution in [2.45, 2.75) is 32.1 Å². The van der Waals surface area contributed by atoms with Crippen LogP contribution in [0.4, 0.5) is 0 Å². The van der Waals surface area contributed by atoms with E-state index in [9.17, 15) is 9.59 Å². The standard InChI is InChI=1S/C33H32N6O3/c1-22-10-6-4-3-5-7-11-23-12-8-9-13-25(23)28(22)24-14-16-38(17-15-24)33(41)31(40)26-18-35-30-29(26)27(42-2)19-36-32(30)39-21-34-20-37-39/h3-4,6,8-10,12-13,18-21,35H,1,5,7,11,14-17H2,2H3/b4-3-,10-6-. The number of fused-ring (bicyclic) bond motifs is 2. The lowest BCUT2D eigenvalue weighted by Gasteiger charge is -2.30. The Hall–Kier alpha value is -5.05. The molecule has 1 amide bonds. The molecule has 212 valence electrons. The summed E-state index contributed by atoms with van der Waals surface area (Å²) in [5, 5.41) is 4.64. The number of aromatic amines is 1. The van der Waals surface area contributed by atoms with Crippen LogP contribution in [0.2, 0.25) is 0 Å². The van der Waals surface area contributed by atoms with Crippen molar-refractivity contribution < 1.29 is 14.3 Å². The van der Waals surface area contributed by atoms with Gasteiger partial charge in [0.2, 0.25) is 0 Å². The third-order valence-corrected chi connectivity index (χ3v) is 7.93. The van der Waals surface area contributed by atoms with Crippen molar-refractivity contribution in [2.75, 3.05) is 20.2 Å². The normalized spacial score (nSPS) is 17.5. The smallest absolute Gasteiger partial charge is 0.295 e. The summed E-state index contributed by atoms with van der Waals surface area (Å²) in [6, 6.07) is 8.54. The molecule has 2 aliphatic rings. The second-order valence-electron chi connectivity index (χ2n) is 10.4. The van der Waals surface area contributed by atoms with Gasteiger partial charge in [0, 0.05) is 19.3 Å². The van der Waals surface area contributed by atoms with Gasteiger partial charge in [-0.2, -0.15) is 5.10 Å². The van der Waals surface area contributed by atoms with E-state index >= 15 is 0 Å². The molecule has 1 saturated heterocycles. The highest BCUT2D eigenvalue weighted by Gasteiger charge is 2.30. The van der Waals surface area contributed by atoms with Gasteiger partial charge in [0.15, 0.2) is 5.82 Å². The zero-order valence-electron chi connectivity index (χ0n) is 23.5. The third-order valence-electron chi connectivity index (χ3n) is 7.93. The lowest BCUT2D eigenvalue weighted by molar-refractivity contribution is -0.126. The Morgan fingerprint density at radius 2 is 1.93 bits per heavy atom. The molecule has 1 aromatic carbocycles. The van der Waals surface area contributed by atoms with E-state index in [4.69, 9.17) is 4.74 Å². The second kappa shape index (κ2) is 11.8. The molecule has 1 N–H and O–H groups in total. The summed E-state index contributed by atoms with van der Waals surface area (Å²) in [5.74, 6) is -0.280. The number of allylic oxidation sites excluding steroid dienone is 6. The van der Waals surface area contributed by atoms with E-state index in [0.29, 0.717) is 48.4 Å². The predicted octanol–water partition coefficient (Wildman–Crippen LogP) is 5.42. The maximum absolute atomic E-state index is 13.6. The lowest BCUT2D eigenvalue weighted by Crippen LogP contribution is -2.40. The van der Waals surface area contributed by atoms with E-state index in [2.05, 4.69) is 69.1 Å². The van der Waals surface area contributed by atoms with Crippen molar-refractivity contribution in [2.24, 2.45) is 0 Å². The van der Waals surface area contributed by atoms with Crippen LogP contribution in [0.5, 0.6) is 5.75 Å². The fourth-order valence-electron chi connectivity index (χ4n) is 5.83. The molecule has 9 heteroatoms. The molecule has 1 fully saturated rings. The van der Waals surface area contributed by atoms with Gasteiger partial charge in [-0.15, -0.1) is 0 Å². The summed E-state index contributed by atoms with van der Waals surface area (Å²) >= 11 is 0. The first-order valence-electron chi connectivity index (χ1n) is 14.1. The number of rotatable bonds is 4. The van der Waals surface area contributed by atoms with Crippen LogP contribution >= 0.6 is 0 Å². The summed E-state index contributed by atoms with van der Waals surface area (Å²) in [6.07, 6.45) is 18.8. The van der Waals surface area contributed by atoms with Gasteiger partial charge in [0.1, 0.15) is 18.4 Å². The van der Waals surface area contributed by atoms with Gasteiger partial charge in [0.05, 0.1) is 29.8 Å². The number of carbonyl (C=O) groups is 2. The highest BCUT2D eigenvalue weighted by Crippen LogP contribution is 2.36. The minimum Gasteiger partial charge on any atom is -0.494 e. The molecule has 9 nitrogen and oxygen atoms in total. The van der Waals surface area contributed by atoms with Gasteiger partial charge < -0.3 is 14.6 Å². The Kier molecular flexibility index (Phi) is 7.64. The summed E-state index contributed by atoms with van der Waals surface area (Å²) < 4.78 is 7.00. The first-order chi connectivity index (χ1) is 20.6. The molecule has 0 saturated carbocycles. The van der Waals surface area contributed by atoms with Crippen LogP contribution in [0.3, 0.4) is 0 Å². The second-order valence-corrected chi connectivity index (χ2v) is 10.4. The number of aromatic nitrogens is 5. The van der Waals surface area contributed by atoms with E-state index in [1.165, 1.54) is 53.5 Å². The number of Topliss-reactive ketones (excluding diaryl/α,β-unsaturated/α-hetero) is 1. The topological polar surface area (TPSA) is 106 Å². The van der Waals surface area contributed by atoms with Crippen molar-refractivity contribution in [3.63, 3.8) is 0 Å². The number of aryl methyl sites for hydroxylation is 1. The fraction of sp³-hybridized carbons (Fsp3) is 0.242. The Morgan fingerprint density at radius 1 is 1.10 bits per heavy atom. The zero-order chi connectivity index (χ0) is 29.1. The summed E-state index contributed by atoms with van der Waals surface area (Å²) in [4.78, 5) is 40.3.